The van der Waals surface area contributed by atoms with E-state index in [4.69, 9.17) is 0 Å². The van der Waals surface area contributed by atoms with E-state index in [0.717, 1.165) is 26.1 Å². The Hall–Kier alpha value is -0.610. The van der Waals surface area contributed by atoms with E-state index >= 15 is 0 Å². The number of likely N-dealkylation sites (N-methyl/N-ethyl adjacent to an activating group) is 1. The van der Waals surface area contributed by atoms with E-state index in [1.165, 1.54) is 19.3 Å². The maximum absolute atomic E-state index is 12.1. The van der Waals surface area contributed by atoms with Crippen molar-refractivity contribution in [3.8, 4) is 0 Å². The van der Waals surface area contributed by atoms with Crippen LogP contribution < -0.4 is 5.32 Å². The first-order valence-electron chi connectivity index (χ1n) is 6.38. The van der Waals surface area contributed by atoms with Crippen molar-refractivity contribution < 1.29 is 4.79 Å². The van der Waals surface area contributed by atoms with E-state index < -0.39 is 0 Å². The fraction of sp³-hybridized carbons (Fsp3) is 0.917. The van der Waals surface area contributed by atoms with Crippen molar-refractivity contribution >= 4 is 5.91 Å². The quantitative estimate of drug-likeness (QED) is 0.734. The molecule has 2 fully saturated rings. The summed E-state index contributed by atoms with van der Waals surface area (Å²) in [7, 11) is 3.72. The molecule has 0 aliphatic carbocycles. The summed E-state index contributed by atoms with van der Waals surface area (Å²) in [5, 5.41) is 3.43. The highest BCUT2D eigenvalue weighted by Gasteiger charge is 2.36. The molecule has 2 saturated heterocycles. The second-order valence-electron chi connectivity index (χ2n) is 5.13. The second kappa shape index (κ2) is 5.15. The lowest BCUT2D eigenvalue weighted by molar-refractivity contribution is -0.134. The number of nitrogens with zero attached hydrogens (tertiary/aromatic N) is 2. The standard InChI is InChI=1S/C12H23N3O/c1-14(2)12(16)11-6-4-8-15(11)10-5-3-7-13-9-10/h10-11,13H,3-9H2,1-2H3. The van der Waals surface area contributed by atoms with Crippen molar-refractivity contribution in [2.24, 2.45) is 0 Å². The molecular formula is C12H23N3O. The Labute approximate surface area is 98.0 Å². The summed E-state index contributed by atoms with van der Waals surface area (Å²) < 4.78 is 0. The molecule has 2 heterocycles. The average Bonchev–Trinajstić information content (AvgIpc) is 2.77. The number of hydrogen-bond donors (Lipinski definition) is 1. The fourth-order valence-corrected chi connectivity index (χ4v) is 2.91. The third-order valence-corrected chi connectivity index (χ3v) is 3.76. The Bertz CT molecular complexity index is 249. The van der Waals surface area contributed by atoms with Gasteiger partial charge >= 0.3 is 0 Å². The third kappa shape index (κ3) is 2.38. The number of likely N-dealkylation sites (tertiary alicyclic amines) is 1. The molecule has 0 aromatic rings. The molecule has 1 N–H and O–H groups in total. The van der Waals surface area contributed by atoms with Crippen LogP contribution in [0.1, 0.15) is 25.7 Å². The van der Waals surface area contributed by atoms with Crippen LogP contribution in [-0.4, -0.2) is 61.5 Å². The van der Waals surface area contributed by atoms with Gasteiger partial charge in [-0.1, -0.05) is 0 Å². The Morgan fingerprint density at radius 3 is 2.75 bits per heavy atom. The summed E-state index contributed by atoms with van der Waals surface area (Å²) >= 11 is 0. The van der Waals surface area contributed by atoms with Crippen LogP contribution in [0.3, 0.4) is 0 Å². The summed E-state index contributed by atoms with van der Waals surface area (Å²) in [5.74, 6) is 0.281. The van der Waals surface area contributed by atoms with E-state index in [2.05, 4.69) is 10.2 Å². The lowest BCUT2D eigenvalue weighted by Gasteiger charge is -2.36. The van der Waals surface area contributed by atoms with Gasteiger partial charge in [-0.05, 0) is 38.8 Å². The number of hydrogen-bond acceptors (Lipinski definition) is 3. The highest BCUT2D eigenvalue weighted by atomic mass is 16.2. The first kappa shape index (κ1) is 11.9. The van der Waals surface area contributed by atoms with Crippen molar-refractivity contribution in [1.82, 2.24) is 15.1 Å². The van der Waals surface area contributed by atoms with Gasteiger partial charge in [-0.15, -0.1) is 0 Å². The van der Waals surface area contributed by atoms with E-state index in [9.17, 15) is 4.79 Å². The molecule has 2 aliphatic rings. The van der Waals surface area contributed by atoms with Gasteiger partial charge in [0.15, 0.2) is 0 Å². The minimum atomic E-state index is 0.139. The molecule has 0 saturated carbocycles. The highest BCUT2D eigenvalue weighted by molar-refractivity contribution is 5.81. The van der Waals surface area contributed by atoms with Crippen molar-refractivity contribution in [3.05, 3.63) is 0 Å². The molecule has 2 unspecified atom stereocenters. The minimum absolute atomic E-state index is 0.139. The van der Waals surface area contributed by atoms with Crippen LogP contribution in [0.15, 0.2) is 0 Å². The number of carbonyl (C=O) groups excluding carboxylic acids is 1. The fourth-order valence-electron chi connectivity index (χ4n) is 2.91. The molecule has 0 spiro atoms. The van der Waals surface area contributed by atoms with Crippen molar-refractivity contribution in [1.29, 1.82) is 0 Å². The smallest absolute Gasteiger partial charge is 0.239 e. The molecule has 0 radical (unpaired) electrons. The number of carbonyl (C=O) groups is 1. The number of rotatable bonds is 2. The van der Waals surface area contributed by atoms with Gasteiger partial charge in [0.1, 0.15) is 0 Å². The van der Waals surface area contributed by atoms with E-state index in [1.807, 2.05) is 14.1 Å². The normalized spacial score (nSPS) is 31.6. The van der Waals surface area contributed by atoms with Crippen LogP contribution >= 0.6 is 0 Å². The van der Waals surface area contributed by atoms with Gasteiger partial charge < -0.3 is 10.2 Å². The molecule has 0 bridgehead atoms. The molecule has 2 rings (SSSR count). The zero-order valence-corrected chi connectivity index (χ0v) is 10.4. The second-order valence-corrected chi connectivity index (χ2v) is 5.13. The van der Waals surface area contributed by atoms with Crippen LogP contribution in [0.25, 0.3) is 0 Å². The first-order chi connectivity index (χ1) is 7.70. The summed E-state index contributed by atoms with van der Waals surface area (Å²) in [5.41, 5.74) is 0. The molecule has 16 heavy (non-hydrogen) atoms. The molecule has 2 atom stereocenters. The summed E-state index contributed by atoms with van der Waals surface area (Å²) in [6, 6.07) is 0.713. The Balaban J connectivity index is 1.99. The van der Waals surface area contributed by atoms with Crippen molar-refractivity contribution in [2.45, 2.75) is 37.8 Å². The van der Waals surface area contributed by atoms with E-state index in [-0.39, 0.29) is 11.9 Å². The van der Waals surface area contributed by atoms with Gasteiger partial charge in [-0.2, -0.15) is 0 Å². The van der Waals surface area contributed by atoms with Gasteiger partial charge in [-0.3, -0.25) is 9.69 Å². The van der Waals surface area contributed by atoms with Crippen LogP contribution in [-0.2, 0) is 4.79 Å². The summed E-state index contributed by atoms with van der Waals surface area (Å²) in [4.78, 5) is 16.2. The molecule has 1 amide bonds. The lowest BCUT2D eigenvalue weighted by atomic mass is 10.0. The molecule has 0 aromatic heterocycles. The van der Waals surface area contributed by atoms with Gasteiger partial charge in [0.25, 0.3) is 0 Å². The van der Waals surface area contributed by atoms with Crippen LogP contribution in [0, 0.1) is 0 Å². The molecular weight excluding hydrogens is 202 g/mol. The Morgan fingerprint density at radius 1 is 1.31 bits per heavy atom. The maximum Gasteiger partial charge on any atom is 0.239 e. The summed E-state index contributed by atoms with van der Waals surface area (Å²) in [6.45, 7) is 3.28. The van der Waals surface area contributed by atoms with Gasteiger partial charge in [0.2, 0.25) is 5.91 Å². The van der Waals surface area contributed by atoms with Crippen LogP contribution in [0.4, 0.5) is 0 Å². The molecule has 4 heteroatoms. The highest BCUT2D eigenvalue weighted by Crippen LogP contribution is 2.24. The van der Waals surface area contributed by atoms with Crippen molar-refractivity contribution in [3.63, 3.8) is 0 Å². The predicted molar refractivity (Wildman–Crippen MR) is 64.3 cm³/mol. The average molecular weight is 225 g/mol. The number of piperidine rings is 1. The van der Waals surface area contributed by atoms with Gasteiger partial charge in [0.05, 0.1) is 6.04 Å². The Kier molecular flexibility index (Phi) is 3.82. The molecule has 0 aromatic carbocycles. The zero-order valence-electron chi connectivity index (χ0n) is 10.4. The molecule has 92 valence electrons. The minimum Gasteiger partial charge on any atom is -0.347 e. The predicted octanol–water partition coefficient (Wildman–Crippen LogP) is 0.291. The Morgan fingerprint density at radius 2 is 2.12 bits per heavy atom. The lowest BCUT2D eigenvalue weighted by Crippen LogP contribution is -2.52. The SMILES string of the molecule is CN(C)C(=O)C1CCCN1C1CCCNC1. The summed E-state index contributed by atoms with van der Waals surface area (Å²) in [6.07, 6.45) is 4.68. The maximum atomic E-state index is 12.1. The van der Waals surface area contributed by atoms with Crippen LogP contribution in [0.2, 0.25) is 0 Å². The van der Waals surface area contributed by atoms with Crippen LogP contribution in [0.5, 0.6) is 0 Å². The molecule has 2 aliphatic heterocycles. The topological polar surface area (TPSA) is 35.6 Å². The molecule has 4 nitrogen and oxygen atoms in total. The first-order valence-corrected chi connectivity index (χ1v) is 6.38. The number of nitrogens with one attached hydrogen (secondary N) is 1. The van der Waals surface area contributed by atoms with Gasteiger partial charge in [0, 0.05) is 26.7 Å². The van der Waals surface area contributed by atoms with Gasteiger partial charge in [-0.25, -0.2) is 0 Å². The monoisotopic (exact) mass is 225 g/mol. The van der Waals surface area contributed by atoms with E-state index in [0.29, 0.717) is 6.04 Å². The number of amides is 1. The van der Waals surface area contributed by atoms with E-state index in [1.54, 1.807) is 4.90 Å². The largest absolute Gasteiger partial charge is 0.347 e. The zero-order chi connectivity index (χ0) is 11.5. The van der Waals surface area contributed by atoms with Crippen molar-refractivity contribution in [2.75, 3.05) is 33.7 Å². The third-order valence-electron chi connectivity index (χ3n) is 3.76.